The second kappa shape index (κ2) is 4.47. The highest BCUT2D eigenvalue weighted by Crippen LogP contribution is 2.33. The number of hydrogen-bond donors (Lipinski definition) is 0. The van der Waals surface area contributed by atoms with Crippen LogP contribution in [0.1, 0.15) is 5.56 Å². The first-order valence-electron chi connectivity index (χ1n) is 7.57. The van der Waals surface area contributed by atoms with Crippen LogP contribution in [0.2, 0.25) is 0 Å². The molecule has 0 aliphatic heterocycles. The highest BCUT2D eigenvalue weighted by Gasteiger charge is 2.19. The summed E-state index contributed by atoms with van der Waals surface area (Å²) in [5.74, 6) is 1.23. The Morgan fingerprint density at radius 2 is 1.73 bits per heavy atom. The van der Waals surface area contributed by atoms with Crippen molar-refractivity contribution < 1.29 is 4.57 Å². The molecule has 3 heteroatoms. The highest BCUT2D eigenvalue weighted by atomic mass is 15.1. The van der Waals surface area contributed by atoms with Gasteiger partial charge in [0.05, 0.1) is 19.7 Å². The summed E-state index contributed by atoms with van der Waals surface area (Å²) in [5.41, 5.74) is 5.17. The van der Waals surface area contributed by atoms with Crippen LogP contribution in [-0.2, 0) is 21.1 Å². The van der Waals surface area contributed by atoms with Crippen molar-refractivity contribution in [2.24, 2.45) is 21.1 Å². The monoisotopic (exact) mass is 290 g/mol. The van der Waals surface area contributed by atoms with E-state index in [9.17, 15) is 0 Å². The summed E-state index contributed by atoms with van der Waals surface area (Å²) in [7, 11) is 6.34. The van der Waals surface area contributed by atoms with E-state index in [1.807, 2.05) is 0 Å². The van der Waals surface area contributed by atoms with Crippen LogP contribution in [0, 0.1) is 6.92 Å². The normalized spacial score (nSPS) is 11.6. The molecule has 3 nitrogen and oxygen atoms in total. The lowest BCUT2D eigenvalue weighted by Gasteiger charge is -2.06. The molecule has 0 radical (unpaired) electrons. The van der Waals surface area contributed by atoms with Gasteiger partial charge in [-0.3, -0.25) is 0 Å². The Bertz CT molecular complexity index is 999. The predicted molar refractivity (Wildman–Crippen MR) is 90.7 cm³/mol. The molecule has 4 rings (SSSR count). The van der Waals surface area contributed by atoms with Crippen molar-refractivity contribution >= 4 is 21.8 Å². The smallest absolute Gasteiger partial charge is 0.288 e. The maximum Gasteiger partial charge on any atom is 0.288 e. The van der Waals surface area contributed by atoms with Crippen molar-refractivity contribution in [1.82, 2.24) is 9.13 Å². The molecule has 110 valence electrons. The first-order chi connectivity index (χ1) is 10.6. The third kappa shape index (κ3) is 1.65. The molecule has 0 atom stereocenters. The lowest BCUT2D eigenvalue weighted by molar-refractivity contribution is -0.659. The second-order valence-electron chi connectivity index (χ2n) is 6.10. The average Bonchev–Trinajstić information content (AvgIpc) is 2.98. The highest BCUT2D eigenvalue weighted by molar-refractivity contribution is 6.09. The second-order valence-corrected chi connectivity index (χ2v) is 6.10. The van der Waals surface area contributed by atoms with Gasteiger partial charge in [0.25, 0.3) is 5.82 Å². The number of para-hydroxylation sites is 1. The van der Waals surface area contributed by atoms with E-state index in [-0.39, 0.29) is 0 Å². The maximum absolute atomic E-state index is 2.34. The minimum absolute atomic E-state index is 1.23. The van der Waals surface area contributed by atoms with Gasteiger partial charge < -0.3 is 4.57 Å². The molecule has 2 heterocycles. The number of nitrogens with zero attached hydrogens (tertiary/aromatic N) is 3. The maximum atomic E-state index is 2.34. The first-order valence-corrected chi connectivity index (χ1v) is 7.57. The molecule has 0 amide bonds. The fourth-order valence-electron chi connectivity index (χ4n) is 3.52. The average molecular weight is 290 g/mol. The first kappa shape index (κ1) is 13.1. The van der Waals surface area contributed by atoms with Gasteiger partial charge in [-0.1, -0.05) is 18.2 Å². The number of rotatable bonds is 1. The molecule has 2 aromatic heterocycles. The molecule has 0 aliphatic carbocycles. The van der Waals surface area contributed by atoms with E-state index in [0.29, 0.717) is 0 Å². The molecule has 0 fully saturated rings. The van der Waals surface area contributed by atoms with Gasteiger partial charge in [-0.2, -0.15) is 0 Å². The minimum atomic E-state index is 1.23. The van der Waals surface area contributed by atoms with E-state index in [1.54, 1.807) is 0 Å². The van der Waals surface area contributed by atoms with Crippen LogP contribution in [-0.4, -0.2) is 9.13 Å². The molecular formula is C19H20N3+. The number of fused-ring (bicyclic) bond motifs is 3. The van der Waals surface area contributed by atoms with Crippen molar-refractivity contribution in [1.29, 1.82) is 0 Å². The Labute approximate surface area is 130 Å². The van der Waals surface area contributed by atoms with E-state index in [0.717, 1.165) is 0 Å². The summed E-state index contributed by atoms with van der Waals surface area (Å²) >= 11 is 0. The fraction of sp³-hybridized carbons (Fsp3) is 0.211. The van der Waals surface area contributed by atoms with Crippen LogP contribution in [0.3, 0.4) is 0 Å². The molecule has 0 saturated carbocycles. The van der Waals surface area contributed by atoms with Crippen LogP contribution < -0.4 is 4.57 Å². The molecule has 2 aromatic carbocycles. The number of benzene rings is 2. The Balaban J connectivity index is 2.14. The van der Waals surface area contributed by atoms with Gasteiger partial charge in [0.1, 0.15) is 12.4 Å². The Hall–Kier alpha value is -2.55. The van der Waals surface area contributed by atoms with Gasteiger partial charge in [0, 0.05) is 28.9 Å². The molecule has 0 unspecified atom stereocenters. The van der Waals surface area contributed by atoms with Crippen molar-refractivity contribution in [3.63, 3.8) is 0 Å². The molecule has 0 aliphatic rings. The Morgan fingerprint density at radius 1 is 0.955 bits per heavy atom. The third-order valence-corrected chi connectivity index (χ3v) is 4.68. The van der Waals surface area contributed by atoms with Crippen LogP contribution >= 0.6 is 0 Å². The summed E-state index contributed by atoms with van der Waals surface area (Å²) in [6, 6.07) is 13.3. The van der Waals surface area contributed by atoms with E-state index in [4.69, 9.17) is 0 Å². The topological polar surface area (TPSA) is 13.7 Å². The third-order valence-electron chi connectivity index (χ3n) is 4.68. The summed E-state index contributed by atoms with van der Waals surface area (Å²) in [4.78, 5) is 0. The van der Waals surface area contributed by atoms with E-state index >= 15 is 0 Å². The molecule has 0 saturated heterocycles. The van der Waals surface area contributed by atoms with Crippen molar-refractivity contribution in [2.75, 3.05) is 0 Å². The molecule has 22 heavy (non-hydrogen) atoms. The largest absolute Gasteiger partial charge is 0.344 e. The van der Waals surface area contributed by atoms with Crippen LogP contribution in [0.15, 0.2) is 48.8 Å². The quantitative estimate of drug-likeness (QED) is 0.477. The van der Waals surface area contributed by atoms with Gasteiger partial charge in [0.2, 0.25) is 0 Å². The standard InChI is InChI=1S/C19H20N3/c1-13-11-18-16(14-7-5-6-8-17(14)22(18)4)12-15(13)19-20(2)9-10-21(19)3/h5-12H,1-4H3/q+1. The summed E-state index contributed by atoms with van der Waals surface area (Å²) in [6.07, 6.45) is 4.20. The van der Waals surface area contributed by atoms with Crippen molar-refractivity contribution in [3.05, 3.63) is 54.4 Å². The SMILES string of the molecule is Cc1cc2c(cc1-c1n(C)cc[n+]1C)c1ccccc1n2C. The van der Waals surface area contributed by atoms with Crippen molar-refractivity contribution in [3.8, 4) is 11.4 Å². The number of imidazole rings is 1. The molecule has 0 spiro atoms. The lowest BCUT2D eigenvalue weighted by Crippen LogP contribution is -2.29. The van der Waals surface area contributed by atoms with Crippen LogP contribution in [0.5, 0.6) is 0 Å². The summed E-state index contributed by atoms with van der Waals surface area (Å²) in [5, 5.41) is 2.64. The minimum Gasteiger partial charge on any atom is -0.344 e. The van der Waals surface area contributed by atoms with Crippen molar-refractivity contribution in [2.45, 2.75) is 6.92 Å². The van der Waals surface area contributed by atoms with Gasteiger partial charge in [-0.25, -0.2) is 9.13 Å². The van der Waals surface area contributed by atoms with Crippen LogP contribution in [0.25, 0.3) is 33.2 Å². The van der Waals surface area contributed by atoms with Crippen LogP contribution in [0.4, 0.5) is 0 Å². The zero-order chi connectivity index (χ0) is 15.4. The van der Waals surface area contributed by atoms with Gasteiger partial charge in [-0.15, -0.1) is 0 Å². The summed E-state index contributed by atoms with van der Waals surface area (Å²) in [6.45, 7) is 2.19. The number of aromatic nitrogens is 3. The number of hydrogen-bond acceptors (Lipinski definition) is 0. The van der Waals surface area contributed by atoms with E-state index in [1.165, 1.54) is 38.8 Å². The molecule has 0 N–H and O–H groups in total. The Morgan fingerprint density at radius 3 is 2.45 bits per heavy atom. The molecule has 4 aromatic rings. The van der Waals surface area contributed by atoms with Gasteiger partial charge >= 0.3 is 0 Å². The van der Waals surface area contributed by atoms with Gasteiger partial charge in [0.15, 0.2) is 0 Å². The van der Waals surface area contributed by atoms with Gasteiger partial charge in [-0.05, 0) is 30.7 Å². The zero-order valence-corrected chi connectivity index (χ0v) is 13.5. The zero-order valence-electron chi connectivity index (χ0n) is 13.5. The predicted octanol–water partition coefficient (Wildman–Crippen LogP) is 3.47. The van der Waals surface area contributed by atoms with E-state index in [2.05, 4.69) is 90.6 Å². The number of aryl methyl sites for hydroxylation is 4. The summed E-state index contributed by atoms with van der Waals surface area (Å²) < 4.78 is 6.64. The fourth-order valence-corrected chi connectivity index (χ4v) is 3.52. The lowest BCUT2D eigenvalue weighted by atomic mass is 10.0. The molecular weight excluding hydrogens is 270 g/mol. The molecule has 0 bridgehead atoms. The Kier molecular flexibility index (Phi) is 2.67. The van der Waals surface area contributed by atoms with E-state index < -0.39 is 0 Å².